The molecule has 7 rings (SSSR count). The zero-order chi connectivity index (χ0) is 17.5. The summed E-state index contributed by atoms with van der Waals surface area (Å²) in [5.74, 6) is 0. The maximum atomic E-state index is 4.68. The Morgan fingerprint density at radius 1 is 0.519 bits per heavy atom. The van der Waals surface area contributed by atoms with Gasteiger partial charge in [0, 0.05) is 12.4 Å². The molecule has 0 saturated heterocycles. The van der Waals surface area contributed by atoms with Gasteiger partial charge in [-0.2, -0.15) is 0 Å². The van der Waals surface area contributed by atoms with E-state index in [0.717, 1.165) is 65.9 Å². The van der Waals surface area contributed by atoms with E-state index in [1.54, 1.807) is 0 Å². The Kier molecular flexibility index (Phi) is 2.15. The lowest BCUT2D eigenvalue weighted by atomic mass is 10.2. The van der Waals surface area contributed by atoms with Crippen LogP contribution in [0.1, 0.15) is 0 Å². The third-order valence-corrected chi connectivity index (χ3v) is 5.26. The van der Waals surface area contributed by atoms with Gasteiger partial charge in [0.05, 0.1) is 67.3 Å². The molecule has 126 valence electrons. The van der Waals surface area contributed by atoms with Gasteiger partial charge in [-0.05, 0) is 24.3 Å². The van der Waals surface area contributed by atoms with Crippen LogP contribution in [0.3, 0.4) is 0 Å². The predicted molar refractivity (Wildman–Crippen MR) is 106 cm³/mol. The molecule has 0 saturated carbocycles. The van der Waals surface area contributed by atoms with Crippen molar-refractivity contribution in [2.24, 2.45) is 0 Å². The van der Waals surface area contributed by atoms with Crippen molar-refractivity contribution < 1.29 is 0 Å². The molecular formula is C20H11N7. The summed E-state index contributed by atoms with van der Waals surface area (Å²) in [7, 11) is 0. The van der Waals surface area contributed by atoms with Crippen molar-refractivity contribution in [1.29, 1.82) is 0 Å². The van der Waals surface area contributed by atoms with Crippen LogP contribution in [0.2, 0.25) is 0 Å². The van der Waals surface area contributed by atoms with Crippen LogP contribution in [-0.4, -0.2) is 34.9 Å². The van der Waals surface area contributed by atoms with E-state index < -0.39 is 0 Å². The molecule has 3 N–H and O–H groups in total. The van der Waals surface area contributed by atoms with Crippen molar-refractivity contribution in [2.45, 2.75) is 0 Å². The monoisotopic (exact) mass is 349 g/mol. The van der Waals surface area contributed by atoms with Gasteiger partial charge in [-0.1, -0.05) is 0 Å². The topological polar surface area (TPSA) is 98.9 Å². The molecule has 7 nitrogen and oxygen atoms in total. The molecule has 0 amide bonds. The Hall–Kier alpha value is -4.00. The van der Waals surface area contributed by atoms with E-state index in [2.05, 4.69) is 34.9 Å². The fourth-order valence-electron chi connectivity index (χ4n) is 4.13. The molecule has 0 spiro atoms. The van der Waals surface area contributed by atoms with Crippen LogP contribution >= 0.6 is 0 Å². The predicted octanol–water partition coefficient (Wildman–Crippen LogP) is 4.17. The van der Waals surface area contributed by atoms with Crippen molar-refractivity contribution in [2.75, 3.05) is 0 Å². The van der Waals surface area contributed by atoms with Gasteiger partial charge in [-0.15, -0.1) is 0 Å². The molecular weight excluding hydrogens is 338 g/mol. The van der Waals surface area contributed by atoms with Crippen LogP contribution in [0, 0.1) is 0 Å². The number of rotatable bonds is 0. The second kappa shape index (κ2) is 4.39. The number of hydrogen-bond acceptors (Lipinski definition) is 4. The molecule has 0 aliphatic heterocycles. The van der Waals surface area contributed by atoms with Crippen LogP contribution in [0.25, 0.3) is 65.9 Å². The number of pyridine rings is 4. The fraction of sp³-hybridized carbons (Fsp3) is 0. The van der Waals surface area contributed by atoms with E-state index in [0.29, 0.717) is 0 Å². The summed E-state index contributed by atoms with van der Waals surface area (Å²) in [4.78, 5) is 28.9. The Morgan fingerprint density at radius 2 is 1.04 bits per heavy atom. The van der Waals surface area contributed by atoms with Gasteiger partial charge in [-0.25, -0.2) is 0 Å². The molecule has 7 heterocycles. The summed E-state index contributed by atoms with van der Waals surface area (Å²) in [6, 6.07) is 7.90. The molecule has 0 aliphatic rings. The maximum Gasteiger partial charge on any atom is 0.115 e. The highest BCUT2D eigenvalue weighted by molar-refractivity contribution is 6.26. The minimum atomic E-state index is 0.844. The van der Waals surface area contributed by atoms with Crippen molar-refractivity contribution in [3.05, 3.63) is 49.1 Å². The zero-order valence-corrected chi connectivity index (χ0v) is 13.9. The molecule has 0 aliphatic carbocycles. The summed E-state index contributed by atoms with van der Waals surface area (Å²) in [5, 5.41) is 2.07. The van der Waals surface area contributed by atoms with E-state index in [1.165, 1.54) is 0 Å². The maximum absolute atomic E-state index is 4.68. The first-order valence-corrected chi connectivity index (χ1v) is 8.67. The molecule has 7 aromatic heterocycles. The highest BCUT2D eigenvalue weighted by Gasteiger charge is 2.18. The first-order valence-electron chi connectivity index (χ1n) is 8.67. The van der Waals surface area contributed by atoms with Gasteiger partial charge < -0.3 is 15.0 Å². The van der Waals surface area contributed by atoms with E-state index in [4.69, 9.17) is 0 Å². The van der Waals surface area contributed by atoms with E-state index in [9.17, 15) is 0 Å². The molecule has 7 heteroatoms. The third-order valence-electron chi connectivity index (χ3n) is 5.26. The summed E-state index contributed by atoms with van der Waals surface area (Å²) >= 11 is 0. The van der Waals surface area contributed by atoms with Crippen molar-refractivity contribution in [3.8, 4) is 0 Å². The van der Waals surface area contributed by atoms with Crippen molar-refractivity contribution >= 4 is 65.9 Å². The zero-order valence-electron chi connectivity index (χ0n) is 13.9. The average Bonchev–Trinajstić information content (AvgIpc) is 3.37. The number of aromatic amines is 3. The lowest BCUT2D eigenvalue weighted by Crippen LogP contribution is -1.79. The quantitative estimate of drug-likeness (QED) is 0.383. The number of hydrogen-bond donors (Lipinski definition) is 3. The number of H-pyrrole nitrogens is 3. The average molecular weight is 349 g/mol. The Morgan fingerprint density at radius 3 is 1.56 bits per heavy atom. The number of fused-ring (bicyclic) bond motifs is 11. The van der Waals surface area contributed by atoms with Crippen LogP contribution in [-0.2, 0) is 0 Å². The smallest absolute Gasteiger partial charge is 0.115 e. The lowest BCUT2D eigenvalue weighted by molar-refractivity contribution is 1.39. The first-order chi connectivity index (χ1) is 13.4. The Balaban J connectivity index is 1.78. The summed E-state index contributed by atoms with van der Waals surface area (Å²) in [5.41, 5.74) is 9.33. The molecule has 7 aromatic rings. The fourth-order valence-corrected chi connectivity index (χ4v) is 4.13. The van der Waals surface area contributed by atoms with Gasteiger partial charge >= 0.3 is 0 Å². The summed E-state index contributed by atoms with van der Waals surface area (Å²) in [6.07, 6.45) is 7.33. The number of aromatic nitrogens is 7. The van der Waals surface area contributed by atoms with Gasteiger partial charge in [0.15, 0.2) is 0 Å². The summed E-state index contributed by atoms with van der Waals surface area (Å²) < 4.78 is 0. The highest BCUT2D eigenvalue weighted by Crippen LogP contribution is 2.36. The van der Waals surface area contributed by atoms with Crippen molar-refractivity contribution in [3.63, 3.8) is 0 Å². The minimum Gasteiger partial charge on any atom is -0.352 e. The Labute approximate surface area is 150 Å². The number of nitrogens with one attached hydrogen (secondary N) is 3. The third kappa shape index (κ3) is 1.52. The van der Waals surface area contributed by atoms with Gasteiger partial charge in [0.2, 0.25) is 0 Å². The SMILES string of the molecule is c1cnc2c(c1)[nH]c1cnc3c4ncc5[nH]c6cccnc6c5c4[nH]c3c12. The van der Waals surface area contributed by atoms with Gasteiger partial charge in [0.1, 0.15) is 11.0 Å². The lowest BCUT2D eigenvalue weighted by Gasteiger charge is -1.93. The van der Waals surface area contributed by atoms with E-state index in [-0.39, 0.29) is 0 Å². The van der Waals surface area contributed by atoms with Gasteiger partial charge in [-0.3, -0.25) is 19.9 Å². The number of nitrogens with zero attached hydrogens (tertiary/aromatic N) is 4. The molecule has 0 atom stereocenters. The highest BCUT2D eigenvalue weighted by atomic mass is 14.9. The van der Waals surface area contributed by atoms with Crippen LogP contribution in [0.4, 0.5) is 0 Å². The second-order valence-corrected chi connectivity index (χ2v) is 6.72. The first kappa shape index (κ1) is 13.2. The van der Waals surface area contributed by atoms with E-state index in [1.807, 2.05) is 49.1 Å². The normalized spacial score (nSPS) is 12.4. The standard InChI is InChI=1S/C20H11N7/c1-3-9-15(21-5-1)13-11(25-9)7-23-19-17(13)27-18-14-12(8-24-20(18)19)26-10-4-2-6-22-16(10)14/h1-8,25-27H. The van der Waals surface area contributed by atoms with Crippen LogP contribution in [0.5, 0.6) is 0 Å². The van der Waals surface area contributed by atoms with Gasteiger partial charge in [0.25, 0.3) is 0 Å². The van der Waals surface area contributed by atoms with E-state index >= 15 is 0 Å². The molecule has 0 bridgehead atoms. The molecule has 0 aromatic carbocycles. The molecule has 0 unspecified atom stereocenters. The minimum absolute atomic E-state index is 0.844. The molecule has 0 radical (unpaired) electrons. The summed E-state index contributed by atoms with van der Waals surface area (Å²) in [6.45, 7) is 0. The second-order valence-electron chi connectivity index (χ2n) is 6.72. The largest absolute Gasteiger partial charge is 0.352 e. The van der Waals surface area contributed by atoms with Crippen LogP contribution in [0.15, 0.2) is 49.1 Å². The molecule has 0 fully saturated rings. The Bertz CT molecular complexity index is 1560. The van der Waals surface area contributed by atoms with Crippen LogP contribution < -0.4 is 0 Å². The molecule has 27 heavy (non-hydrogen) atoms. The van der Waals surface area contributed by atoms with Crippen molar-refractivity contribution in [1.82, 2.24) is 34.9 Å².